The van der Waals surface area contributed by atoms with E-state index >= 15 is 0 Å². The number of methoxy groups -OCH3 is 1. The van der Waals surface area contributed by atoms with Crippen LogP contribution >= 0.6 is 0 Å². The maximum atomic E-state index is 12.5. The Kier molecular flexibility index (Phi) is 6.37. The largest absolute Gasteiger partial charge is 0.467 e. The van der Waals surface area contributed by atoms with Crippen molar-refractivity contribution in [2.45, 2.75) is 59.9 Å². The summed E-state index contributed by atoms with van der Waals surface area (Å²) in [5, 5.41) is 2.87. The highest BCUT2D eigenvalue weighted by Crippen LogP contribution is 2.21. The molecule has 0 aliphatic heterocycles. The first-order valence-corrected chi connectivity index (χ1v) is 8.14. The Labute approximate surface area is 139 Å². The van der Waals surface area contributed by atoms with Crippen molar-refractivity contribution in [3.63, 3.8) is 0 Å². The van der Waals surface area contributed by atoms with Gasteiger partial charge in [0.1, 0.15) is 5.54 Å². The molecule has 0 aromatic heterocycles. The van der Waals surface area contributed by atoms with E-state index < -0.39 is 11.5 Å². The molecule has 1 N–H and O–H groups in total. The summed E-state index contributed by atoms with van der Waals surface area (Å²) >= 11 is 0. The Morgan fingerprint density at radius 2 is 1.87 bits per heavy atom. The van der Waals surface area contributed by atoms with Crippen LogP contribution in [0.15, 0.2) is 12.1 Å². The molecular formula is C19H29NO3. The maximum absolute atomic E-state index is 12.5. The topological polar surface area (TPSA) is 55.4 Å². The third-order valence-electron chi connectivity index (χ3n) is 4.59. The minimum absolute atomic E-state index is 0.0661. The molecular weight excluding hydrogens is 290 g/mol. The van der Waals surface area contributed by atoms with Crippen LogP contribution < -0.4 is 5.32 Å². The van der Waals surface area contributed by atoms with Crippen molar-refractivity contribution >= 4 is 11.9 Å². The molecule has 1 rings (SSSR count). The van der Waals surface area contributed by atoms with Gasteiger partial charge < -0.3 is 10.1 Å². The highest BCUT2D eigenvalue weighted by molar-refractivity contribution is 5.89. The average Bonchev–Trinajstić information content (AvgIpc) is 2.48. The normalized spacial score (nSPS) is 13.6. The van der Waals surface area contributed by atoms with Gasteiger partial charge in [0.25, 0.3) is 0 Å². The van der Waals surface area contributed by atoms with E-state index in [2.05, 4.69) is 31.3 Å². The van der Waals surface area contributed by atoms with Gasteiger partial charge in [0.2, 0.25) is 5.91 Å². The lowest BCUT2D eigenvalue weighted by atomic mass is 9.87. The van der Waals surface area contributed by atoms with Crippen molar-refractivity contribution in [1.29, 1.82) is 0 Å². The van der Waals surface area contributed by atoms with E-state index in [4.69, 9.17) is 4.74 Å². The summed E-state index contributed by atoms with van der Waals surface area (Å²) in [7, 11) is 1.34. The molecule has 0 heterocycles. The average molecular weight is 319 g/mol. The molecule has 1 amide bonds. The van der Waals surface area contributed by atoms with Crippen molar-refractivity contribution in [3.8, 4) is 0 Å². The molecule has 0 bridgehead atoms. The number of carbonyl (C=O) groups excluding carboxylic acids is 2. The first-order valence-electron chi connectivity index (χ1n) is 8.14. The number of amides is 1. The Hall–Kier alpha value is -1.84. The second-order valence-electron chi connectivity index (χ2n) is 6.65. The molecule has 1 aromatic rings. The van der Waals surface area contributed by atoms with Gasteiger partial charge in [-0.25, -0.2) is 4.79 Å². The molecule has 1 aromatic carbocycles. The number of benzene rings is 1. The summed E-state index contributed by atoms with van der Waals surface area (Å²) in [6.45, 7) is 11.7. The Morgan fingerprint density at radius 3 is 2.35 bits per heavy atom. The van der Waals surface area contributed by atoms with Crippen LogP contribution in [-0.2, 0) is 27.2 Å². The van der Waals surface area contributed by atoms with Gasteiger partial charge in [0.05, 0.1) is 13.5 Å². The molecule has 0 spiro atoms. The van der Waals surface area contributed by atoms with Crippen LogP contribution in [0.3, 0.4) is 0 Å². The third kappa shape index (κ3) is 4.34. The Balaban J connectivity index is 3.03. The SMILES string of the molecule is CCc1cc(C)cc(C)c1CC(=O)NC(C)(C(=O)OC)C(C)C. The molecule has 0 aliphatic carbocycles. The van der Waals surface area contributed by atoms with Crippen LogP contribution in [0.1, 0.15) is 49.9 Å². The molecule has 128 valence electrons. The number of nitrogens with one attached hydrogen (secondary N) is 1. The summed E-state index contributed by atoms with van der Waals surface area (Å²) < 4.78 is 4.86. The van der Waals surface area contributed by atoms with E-state index in [9.17, 15) is 9.59 Å². The number of hydrogen-bond donors (Lipinski definition) is 1. The zero-order chi connectivity index (χ0) is 17.8. The second kappa shape index (κ2) is 7.62. The fourth-order valence-electron chi connectivity index (χ4n) is 2.79. The standard InChI is InChI=1S/C19H29NO3/c1-8-15-10-13(4)9-14(5)16(15)11-17(21)20-19(6,12(2)3)18(22)23-7/h9-10,12H,8,11H2,1-7H3,(H,20,21). The molecule has 1 unspecified atom stereocenters. The number of carbonyl (C=O) groups is 2. The van der Waals surface area contributed by atoms with E-state index in [0.29, 0.717) is 0 Å². The minimum Gasteiger partial charge on any atom is -0.467 e. The van der Waals surface area contributed by atoms with Gasteiger partial charge in [-0.05, 0) is 49.8 Å². The van der Waals surface area contributed by atoms with Gasteiger partial charge >= 0.3 is 5.97 Å². The lowest BCUT2D eigenvalue weighted by Gasteiger charge is -2.32. The van der Waals surface area contributed by atoms with Crippen LogP contribution in [0.25, 0.3) is 0 Å². The van der Waals surface area contributed by atoms with Gasteiger partial charge in [-0.3, -0.25) is 4.79 Å². The van der Waals surface area contributed by atoms with Gasteiger partial charge in [0.15, 0.2) is 0 Å². The highest BCUT2D eigenvalue weighted by Gasteiger charge is 2.39. The first kappa shape index (κ1) is 19.2. The Morgan fingerprint density at radius 1 is 1.26 bits per heavy atom. The van der Waals surface area contributed by atoms with Gasteiger partial charge in [-0.1, -0.05) is 38.5 Å². The van der Waals surface area contributed by atoms with Crippen LogP contribution in [0, 0.1) is 19.8 Å². The summed E-state index contributed by atoms with van der Waals surface area (Å²) in [5.74, 6) is -0.644. The van der Waals surface area contributed by atoms with Crippen LogP contribution in [0.4, 0.5) is 0 Å². The quantitative estimate of drug-likeness (QED) is 0.820. The van der Waals surface area contributed by atoms with Crippen molar-refractivity contribution in [2.75, 3.05) is 7.11 Å². The summed E-state index contributed by atoms with van der Waals surface area (Å²) in [6, 6.07) is 4.21. The molecule has 4 nitrogen and oxygen atoms in total. The van der Waals surface area contributed by atoms with E-state index in [0.717, 1.165) is 17.5 Å². The van der Waals surface area contributed by atoms with E-state index in [1.807, 2.05) is 20.8 Å². The van der Waals surface area contributed by atoms with Crippen molar-refractivity contribution < 1.29 is 14.3 Å². The van der Waals surface area contributed by atoms with E-state index in [1.54, 1.807) is 6.92 Å². The number of aryl methyl sites for hydroxylation is 3. The molecule has 0 aliphatic rings. The van der Waals surface area contributed by atoms with Crippen molar-refractivity contribution in [1.82, 2.24) is 5.32 Å². The molecule has 4 heteroatoms. The third-order valence-corrected chi connectivity index (χ3v) is 4.59. The highest BCUT2D eigenvalue weighted by atomic mass is 16.5. The molecule has 0 saturated carbocycles. The van der Waals surface area contributed by atoms with Gasteiger partial charge in [-0.15, -0.1) is 0 Å². The van der Waals surface area contributed by atoms with Gasteiger partial charge in [-0.2, -0.15) is 0 Å². The lowest BCUT2D eigenvalue weighted by Crippen LogP contribution is -2.56. The molecule has 1 atom stereocenters. The number of hydrogen-bond acceptors (Lipinski definition) is 3. The number of ether oxygens (including phenoxy) is 1. The lowest BCUT2D eigenvalue weighted by molar-refractivity contribution is -0.152. The predicted octanol–water partition coefficient (Wildman–Crippen LogP) is 3.11. The first-order chi connectivity index (χ1) is 10.7. The second-order valence-corrected chi connectivity index (χ2v) is 6.65. The fourth-order valence-corrected chi connectivity index (χ4v) is 2.79. The smallest absolute Gasteiger partial charge is 0.331 e. The molecule has 23 heavy (non-hydrogen) atoms. The molecule has 0 fully saturated rings. The predicted molar refractivity (Wildman–Crippen MR) is 92.4 cm³/mol. The summed E-state index contributed by atoms with van der Waals surface area (Å²) in [6.07, 6.45) is 1.15. The van der Waals surface area contributed by atoms with Crippen LogP contribution in [-0.4, -0.2) is 24.5 Å². The van der Waals surface area contributed by atoms with Crippen molar-refractivity contribution in [3.05, 3.63) is 34.4 Å². The van der Waals surface area contributed by atoms with Gasteiger partial charge in [0, 0.05) is 0 Å². The van der Waals surface area contributed by atoms with E-state index in [-0.39, 0.29) is 18.2 Å². The number of esters is 1. The summed E-state index contributed by atoms with van der Waals surface area (Å²) in [4.78, 5) is 24.6. The monoisotopic (exact) mass is 319 g/mol. The fraction of sp³-hybridized carbons (Fsp3) is 0.579. The van der Waals surface area contributed by atoms with Crippen LogP contribution in [0.2, 0.25) is 0 Å². The summed E-state index contributed by atoms with van der Waals surface area (Å²) in [5.41, 5.74) is 3.52. The minimum atomic E-state index is -1.02. The zero-order valence-corrected chi connectivity index (χ0v) is 15.4. The Bertz CT molecular complexity index is 593. The van der Waals surface area contributed by atoms with E-state index in [1.165, 1.54) is 18.2 Å². The van der Waals surface area contributed by atoms with Crippen molar-refractivity contribution in [2.24, 2.45) is 5.92 Å². The molecule has 0 radical (unpaired) electrons. The molecule has 0 saturated heterocycles. The maximum Gasteiger partial charge on any atom is 0.331 e. The zero-order valence-electron chi connectivity index (χ0n) is 15.4. The van der Waals surface area contributed by atoms with Crippen LogP contribution in [0.5, 0.6) is 0 Å². The number of rotatable bonds is 6.